The van der Waals surface area contributed by atoms with E-state index in [1.54, 1.807) is 11.3 Å². The van der Waals surface area contributed by atoms with E-state index < -0.39 is 0 Å². The average Bonchev–Trinajstić information content (AvgIpc) is 3.31. The lowest BCUT2D eigenvalue weighted by Gasteiger charge is -2.22. The molecule has 3 aromatic rings. The molecule has 1 atom stereocenters. The van der Waals surface area contributed by atoms with Crippen LogP contribution in [-0.4, -0.2) is 17.6 Å². The molecule has 0 aliphatic heterocycles. The van der Waals surface area contributed by atoms with Crippen LogP contribution >= 0.6 is 23.1 Å². The van der Waals surface area contributed by atoms with Gasteiger partial charge in [0.05, 0.1) is 11.8 Å². The zero-order valence-electron chi connectivity index (χ0n) is 17.5. The lowest BCUT2D eigenvalue weighted by Crippen LogP contribution is -2.30. The Morgan fingerprint density at radius 3 is 2.52 bits per heavy atom. The summed E-state index contributed by atoms with van der Waals surface area (Å²) < 4.78 is 0. The van der Waals surface area contributed by atoms with Crippen LogP contribution in [0.3, 0.4) is 0 Å². The maximum Gasteiger partial charge on any atom is 0.231 e. The van der Waals surface area contributed by atoms with Crippen molar-refractivity contribution in [2.75, 3.05) is 11.1 Å². The fourth-order valence-corrected chi connectivity index (χ4v) is 5.41. The number of amides is 2. The molecule has 0 bridgehead atoms. The number of hydrogen-bond acceptors (Lipinski definition) is 4. The molecule has 0 fully saturated rings. The molecule has 0 saturated heterocycles. The van der Waals surface area contributed by atoms with Crippen LogP contribution in [0.1, 0.15) is 47.4 Å². The molecule has 2 aromatic carbocycles. The maximum absolute atomic E-state index is 12.8. The lowest BCUT2D eigenvalue weighted by atomic mass is 9.89. The quantitative estimate of drug-likeness (QED) is 0.462. The summed E-state index contributed by atoms with van der Waals surface area (Å²) in [5.41, 5.74) is 4.78. The number of thioether (sulfide) groups is 1. The molecular weight excluding hydrogens is 424 g/mol. The van der Waals surface area contributed by atoms with Crippen LogP contribution in [-0.2, 0) is 22.4 Å². The molecule has 4 nitrogen and oxygen atoms in total. The van der Waals surface area contributed by atoms with Crippen molar-refractivity contribution in [1.82, 2.24) is 5.32 Å². The number of carbonyl (C=O) groups is 2. The van der Waals surface area contributed by atoms with Crippen molar-refractivity contribution < 1.29 is 9.59 Å². The summed E-state index contributed by atoms with van der Waals surface area (Å²) in [6.07, 6.45) is 4.78. The molecule has 0 spiro atoms. The number of anilines is 1. The standard InChI is InChI=1S/C25H26N2O2S2/c1-17(28)26-21-10-12-22(13-11-21)31-16-24(29)27-25(23-7-4-14-30-23)20-9-8-18-5-2-3-6-19(18)15-20/h4,7-15,25H,2-3,5-6,16H2,1H3,(H,26,28)(H,27,29). The largest absolute Gasteiger partial charge is 0.344 e. The first kappa shape index (κ1) is 21.7. The van der Waals surface area contributed by atoms with Crippen molar-refractivity contribution in [3.8, 4) is 0 Å². The summed E-state index contributed by atoms with van der Waals surface area (Å²) in [6.45, 7) is 1.49. The van der Waals surface area contributed by atoms with Gasteiger partial charge in [-0.05, 0) is 78.1 Å². The Hall–Kier alpha value is -2.57. The van der Waals surface area contributed by atoms with E-state index in [1.165, 1.54) is 42.7 Å². The minimum atomic E-state index is -0.123. The van der Waals surface area contributed by atoms with E-state index in [-0.39, 0.29) is 17.9 Å². The molecule has 2 amide bonds. The Labute approximate surface area is 191 Å². The van der Waals surface area contributed by atoms with Crippen LogP contribution in [0.2, 0.25) is 0 Å². The normalized spacial score (nSPS) is 13.8. The molecule has 6 heteroatoms. The van der Waals surface area contributed by atoms with Crippen molar-refractivity contribution in [3.05, 3.63) is 81.5 Å². The van der Waals surface area contributed by atoms with Crippen LogP contribution in [0.4, 0.5) is 5.69 Å². The van der Waals surface area contributed by atoms with Gasteiger partial charge in [-0.15, -0.1) is 23.1 Å². The van der Waals surface area contributed by atoms with Crippen molar-refractivity contribution in [2.45, 2.75) is 43.5 Å². The van der Waals surface area contributed by atoms with E-state index in [2.05, 4.69) is 40.3 Å². The fraction of sp³-hybridized carbons (Fsp3) is 0.280. The first-order valence-electron chi connectivity index (χ1n) is 10.5. The predicted octanol–water partition coefficient (Wildman–Crippen LogP) is 5.58. The minimum absolute atomic E-state index is 0.00654. The molecule has 0 radical (unpaired) electrons. The van der Waals surface area contributed by atoms with E-state index in [1.807, 2.05) is 30.3 Å². The number of thiophene rings is 1. The van der Waals surface area contributed by atoms with Crippen LogP contribution in [0.5, 0.6) is 0 Å². The second-order valence-corrected chi connectivity index (χ2v) is 9.77. The number of nitrogens with one attached hydrogen (secondary N) is 2. The lowest BCUT2D eigenvalue weighted by molar-refractivity contribution is -0.119. The van der Waals surface area contributed by atoms with Gasteiger partial charge in [-0.3, -0.25) is 9.59 Å². The number of carbonyl (C=O) groups excluding carboxylic acids is 2. The predicted molar refractivity (Wildman–Crippen MR) is 129 cm³/mol. The van der Waals surface area contributed by atoms with Gasteiger partial charge in [0.25, 0.3) is 0 Å². The highest BCUT2D eigenvalue weighted by Crippen LogP contribution is 2.30. The zero-order valence-corrected chi connectivity index (χ0v) is 19.2. The second kappa shape index (κ2) is 10.2. The molecule has 1 aliphatic carbocycles. The van der Waals surface area contributed by atoms with Crippen LogP contribution in [0.25, 0.3) is 0 Å². The Bertz CT molecular complexity index is 1050. The van der Waals surface area contributed by atoms with Crippen molar-refractivity contribution in [1.29, 1.82) is 0 Å². The first-order chi connectivity index (χ1) is 15.1. The van der Waals surface area contributed by atoms with Crippen LogP contribution in [0, 0.1) is 0 Å². The van der Waals surface area contributed by atoms with Gasteiger partial charge >= 0.3 is 0 Å². The third-order valence-corrected chi connectivity index (χ3v) is 7.33. The van der Waals surface area contributed by atoms with E-state index in [0.29, 0.717) is 5.75 Å². The summed E-state index contributed by atoms with van der Waals surface area (Å²) >= 11 is 3.16. The van der Waals surface area contributed by atoms with Crippen molar-refractivity contribution in [2.24, 2.45) is 0 Å². The van der Waals surface area contributed by atoms with Gasteiger partial charge < -0.3 is 10.6 Å². The molecule has 31 heavy (non-hydrogen) atoms. The first-order valence-corrected chi connectivity index (χ1v) is 12.4. The molecule has 4 rings (SSSR count). The zero-order chi connectivity index (χ0) is 21.6. The summed E-state index contributed by atoms with van der Waals surface area (Å²) in [7, 11) is 0. The monoisotopic (exact) mass is 450 g/mol. The molecule has 1 aliphatic rings. The SMILES string of the molecule is CC(=O)Nc1ccc(SCC(=O)NC(c2ccc3c(c2)CCCC3)c2cccs2)cc1. The van der Waals surface area contributed by atoms with Gasteiger partial charge in [0.15, 0.2) is 0 Å². The summed E-state index contributed by atoms with van der Waals surface area (Å²) in [4.78, 5) is 26.1. The average molecular weight is 451 g/mol. The summed E-state index contributed by atoms with van der Waals surface area (Å²) in [5, 5.41) is 8.05. The van der Waals surface area contributed by atoms with E-state index in [9.17, 15) is 9.59 Å². The third kappa shape index (κ3) is 5.77. The van der Waals surface area contributed by atoms with Crippen LogP contribution in [0.15, 0.2) is 64.9 Å². The highest BCUT2D eigenvalue weighted by atomic mass is 32.2. The van der Waals surface area contributed by atoms with Gasteiger partial charge in [0, 0.05) is 22.4 Å². The smallest absolute Gasteiger partial charge is 0.231 e. The Morgan fingerprint density at radius 1 is 1.03 bits per heavy atom. The Kier molecular flexibility index (Phi) is 7.10. The Balaban J connectivity index is 1.43. The topological polar surface area (TPSA) is 58.2 Å². The number of aryl methyl sites for hydroxylation is 2. The van der Waals surface area contributed by atoms with E-state index >= 15 is 0 Å². The maximum atomic E-state index is 12.8. The highest BCUT2D eigenvalue weighted by molar-refractivity contribution is 8.00. The van der Waals surface area contributed by atoms with Crippen molar-refractivity contribution in [3.63, 3.8) is 0 Å². The fourth-order valence-electron chi connectivity index (χ4n) is 3.90. The number of benzene rings is 2. The molecule has 160 valence electrons. The third-order valence-electron chi connectivity index (χ3n) is 5.38. The van der Waals surface area contributed by atoms with Gasteiger partial charge in [0.2, 0.25) is 11.8 Å². The summed E-state index contributed by atoms with van der Waals surface area (Å²) in [6, 6.07) is 18.2. The number of fused-ring (bicyclic) bond motifs is 1. The molecule has 2 N–H and O–H groups in total. The van der Waals surface area contributed by atoms with Crippen molar-refractivity contribution >= 4 is 40.6 Å². The minimum Gasteiger partial charge on any atom is -0.344 e. The Morgan fingerprint density at radius 2 is 1.81 bits per heavy atom. The number of rotatable bonds is 7. The van der Waals surface area contributed by atoms with Gasteiger partial charge in [-0.2, -0.15) is 0 Å². The highest BCUT2D eigenvalue weighted by Gasteiger charge is 2.20. The summed E-state index contributed by atoms with van der Waals surface area (Å²) in [5.74, 6) is 0.250. The molecule has 1 unspecified atom stereocenters. The molecular formula is C25H26N2O2S2. The van der Waals surface area contributed by atoms with Gasteiger partial charge in [-0.1, -0.05) is 24.3 Å². The van der Waals surface area contributed by atoms with E-state index in [4.69, 9.17) is 0 Å². The molecule has 0 saturated carbocycles. The van der Waals surface area contributed by atoms with Crippen LogP contribution < -0.4 is 10.6 Å². The molecule has 1 heterocycles. The van der Waals surface area contributed by atoms with E-state index in [0.717, 1.165) is 33.9 Å². The second-order valence-electron chi connectivity index (χ2n) is 7.75. The molecule has 1 aromatic heterocycles. The number of hydrogen-bond donors (Lipinski definition) is 2. The van der Waals surface area contributed by atoms with Gasteiger partial charge in [0.1, 0.15) is 0 Å². The van der Waals surface area contributed by atoms with Gasteiger partial charge in [-0.25, -0.2) is 0 Å².